The summed E-state index contributed by atoms with van der Waals surface area (Å²) in [6, 6.07) is 30.9. The van der Waals surface area contributed by atoms with Gasteiger partial charge in [0.25, 0.3) is 0 Å². The Kier molecular flexibility index (Phi) is 9.43. The van der Waals surface area contributed by atoms with E-state index in [1.807, 2.05) is 48.5 Å². The van der Waals surface area contributed by atoms with Gasteiger partial charge in [-0.1, -0.05) is 114 Å². The molecule has 1 aliphatic rings. The predicted octanol–water partition coefficient (Wildman–Crippen LogP) is 3.55. The van der Waals surface area contributed by atoms with Crippen LogP contribution in [0.25, 0.3) is 83.8 Å². The molecule has 9 rings (SSSR count). The number of nitrogens with zero attached hydrogens (tertiary/aromatic N) is 2. The third kappa shape index (κ3) is 5.70. The number of hydrogen-bond donors (Lipinski definition) is 0. The van der Waals surface area contributed by atoms with E-state index in [0.29, 0.717) is 43.7 Å². The number of aromatic nitrogens is 2. The molecule has 0 saturated carbocycles. The minimum atomic E-state index is 0.189. The molecular weight excluding hydrogens is 679 g/mol. The monoisotopic (exact) mass is 708 g/mol. The molecule has 2 nitrogen and oxygen atoms in total. The summed E-state index contributed by atoms with van der Waals surface area (Å²) < 4.78 is 2.26. The maximum Gasteiger partial charge on any atom is 0.114 e. The highest BCUT2D eigenvalue weighted by atomic mass is 15.1. The molecule has 0 atom stereocenters. The summed E-state index contributed by atoms with van der Waals surface area (Å²) in [5.74, 6) is 2.42. The highest BCUT2D eigenvalue weighted by molar-refractivity contribution is 6.69. The normalized spacial score (nSPS) is 12.6. The largest absolute Gasteiger partial charge is 0.296 e. The van der Waals surface area contributed by atoms with Gasteiger partial charge in [-0.2, -0.15) is 0 Å². The number of hydrogen-bond acceptors (Lipinski definition) is 1. The third-order valence-electron chi connectivity index (χ3n) is 11.5. The zero-order valence-electron chi connectivity index (χ0n) is 31.6. The quantitative estimate of drug-likeness (QED) is 0.191. The average molecular weight is 707 g/mol. The molecule has 16 radical (unpaired) electrons. The zero-order chi connectivity index (χ0) is 39.7. The van der Waals surface area contributed by atoms with Crippen molar-refractivity contribution in [3.05, 3.63) is 126 Å². The lowest BCUT2D eigenvalue weighted by Gasteiger charge is -2.30. The Morgan fingerprint density at radius 2 is 1.26 bits per heavy atom. The van der Waals surface area contributed by atoms with Crippen LogP contribution in [0.2, 0.25) is 0 Å². The van der Waals surface area contributed by atoms with E-state index < -0.39 is 0 Å². The van der Waals surface area contributed by atoms with Gasteiger partial charge < -0.3 is 0 Å². The lowest BCUT2D eigenvalue weighted by molar-refractivity contribution is 0.898. The molecule has 1 aromatic heterocycles. The number of rotatable bonds is 6. The molecule has 0 spiro atoms. The molecule has 0 unspecified atom stereocenters. The smallest absolute Gasteiger partial charge is 0.114 e. The number of fused-ring (bicyclic) bond motifs is 4. The first-order valence-corrected chi connectivity index (χ1v) is 19.0. The zero-order valence-corrected chi connectivity index (χ0v) is 31.6. The van der Waals surface area contributed by atoms with E-state index in [0.717, 1.165) is 86.1 Å². The maximum atomic E-state index is 7.18. The standard InChI is InChI=1S/C47H28B8N2/c1-2-34-56-31-17-8-9-18-33(31)57(34)32-20-19-29(27-15-6-7-16-28(27)32)36-37-30(21-22-48)41(49)45(53)42(50)38(37)35(39-40(36)44(52)47(55)46(54)43(39)51)26-14-10-13-25(23-26)24-11-4-3-5-12-24/h3-5,7-14,16-23H,2,6,15H2,1H3. The second kappa shape index (κ2) is 14.5. The van der Waals surface area contributed by atoms with Crippen LogP contribution < -0.4 is 38.2 Å². The highest BCUT2D eigenvalue weighted by Gasteiger charge is 2.28. The topological polar surface area (TPSA) is 17.8 Å². The SMILES string of the molecule is [B]C=Cc1c([B])c([B])c([B])c2c(-c3cccc(-c4ccccc4)c3)c3c([B])c([B])c([B])c([B])c3c(-c3ccc(-n4c(CC)nc5ccccc54)c4c3CCC=C4)c12. The van der Waals surface area contributed by atoms with Crippen LogP contribution in [-0.4, -0.2) is 72.3 Å². The Labute approximate surface area is 344 Å². The van der Waals surface area contributed by atoms with Crippen molar-refractivity contribution in [3.63, 3.8) is 0 Å². The van der Waals surface area contributed by atoms with E-state index in [-0.39, 0.29) is 21.9 Å². The van der Waals surface area contributed by atoms with Crippen molar-refractivity contribution in [2.75, 3.05) is 0 Å². The molecule has 0 amide bonds. The molecule has 10 heteroatoms. The van der Waals surface area contributed by atoms with E-state index in [4.69, 9.17) is 67.8 Å². The van der Waals surface area contributed by atoms with Gasteiger partial charge in [-0.3, -0.25) is 4.57 Å². The lowest BCUT2D eigenvalue weighted by Crippen LogP contribution is -2.48. The first-order chi connectivity index (χ1) is 27.7. The molecule has 0 bridgehead atoms. The van der Waals surface area contributed by atoms with Gasteiger partial charge in [-0.15, -0.1) is 22.4 Å². The summed E-state index contributed by atoms with van der Waals surface area (Å²) in [6.45, 7) is 2.13. The summed E-state index contributed by atoms with van der Waals surface area (Å²) in [5, 5.41) is 2.61. The Morgan fingerprint density at radius 1 is 0.632 bits per heavy atom. The molecular formula is C47H28B8N2. The Hall–Kier alpha value is -5.47. The van der Waals surface area contributed by atoms with Gasteiger partial charge in [-0.05, 0) is 103 Å². The van der Waals surface area contributed by atoms with Crippen LogP contribution in [0, 0.1) is 0 Å². The minimum Gasteiger partial charge on any atom is -0.296 e. The number of imidazole rings is 1. The van der Waals surface area contributed by atoms with Crippen LogP contribution in [0.3, 0.4) is 0 Å². The molecule has 7 aromatic carbocycles. The van der Waals surface area contributed by atoms with Crippen molar-refractivity contribution >= 4 is 146 Å². The van der Waals surface area contributed by atoms with Gasteiger partial charge >= 0.3 is 0 Å². The maximum absolute atomic E-state index is 7.18. The van der Waals surface area contributed by atoms with Crippen molar-refractivity contribution in [1.29, 1.82) is 0 Å². The fourth-order valence-corrected chi connectivity index (χ4v) is 8.81. The molecule has 0 N–H and O–H groups in total. The van der Waals surface area contributed by atoms with Gasteiger partial charge in [0, 0.05) is 12.0 Å². The predicted molar refractivity (Wildman–Crippen MR) is 252 cm³/mol. The van der Waals surface area contributed by atoms with E-state index in [1.54, 1.807) is 6.08 Å². The van der Waals surface area contributed by atoms with Gasteiger partial charge in [0.1, 0.15) is 68.6 Å². The van der Waals surface area contributed by atoms with Gasteiger partial charge in [0.2, 0.25) is 0 Å². The number of benzene rings is 7. The van der Waals surface area contributed by atoms with Crippen molar-refractivity contribution in [2.45, 2.75) is 26.2 Å². The van der Waals surface area contributed by atoms with Crippen molar-refractivity contribution < 1.29 is 0 Å². The number of para-hydroxylation sites is 2. The van der Waals surface area contributed by atoms with Crippen LogP contribution in [-0.2, 0) is 12.8 Å². The fraction of sp³-hybridized carbons (Fsp3) is 0.0851. The molecule has 8 aromatic rings. The first-order valence-electron chi connectivity index (χ1n) is 19.0. The highest BCUT2D eigenvalue weighted by Crippen LogP contribution is 2.46. The average Bonchev–Trinajstić information content (AvgIpc) is 3.63. The fourth-order valence-electron chi connectivity index (χ4n) is 8.81. The van der Waals surface area contributed by atoms with Gasteiger partial charge in [0.15, 0.2) is 0 Å². The van der Waals surface area contributed by atoms with Crippen LogP contribution >= 0.6 is 0 Å². The molecule has 57 heavy (non-hydrogen) atoms. The molecule has 0 saturated heterocycles. The number of aryl methyl sites for hydroxylation is 1. The van der Waals surface area contributed by atoms with E-state index in [2.05, 4.69) is 66.1 Å². The van der Waals surface area contributed by atoms with Crippen LogP contribution in [0.1, 0.15) is 35.9 Å². The molecule has 1 aliphatic carbocycles. The summed E-state index contributed by atoms with van der Waals surface area (Å²) in [6.07, 6.45) is 8.50. The first kappa shape index (κ1) is 37.1. The molecule has 0 fully saturated rings. The Morgan fingerprint density at radius 3 is 1.98 bits per heavy atom. The Balaban J connectivity index is 1.50. The number of allylic oxidation sites excluding steroid dienone is 1. The van der Waals surface area contributed by atoms with Crippen molar-refractivity contribution in [3.8, 4) is 39.1 Å². The summed E-state index contributed by atoms with van der Waals surface area (Å²) in [7, 11) is 54.9. The van der Waals surface area contributed by atoms with Crippen LogP contribution in [0.5, 0.6) is 0 Å². The van der Waals surface area contributed by atoms with Gasteiger partial charge in [0.05, 0.1) is 16.7 Å². The lowest BCUT2D eigenvalue weighted by atomic mass is 9.60. The summed E-state index contributed by atoms with van der Waals surface area (Å²) in [5.41, 5.74) is 12.8. The minimum absolute atomic E-state index is 0.189. The van der Waals surface area contributed by atoms with Crippen molar-refractivity contribution in [1.82, 2.24) is 9.55 Å². The van der Waals surface area contributed by atoms with Crippen LogP contribution in [0.4, 0.5) is 0 Å². The molecule has 1 heterocycles. The second-order valence-corrected chi connectivity index (χ2v) is 14.5. The Bertz CT molecular complexity index is 3040. The summed E-state index contributed by atoms with van der Waals surface area (Å²) in [4.78, 5) is 5.01. The third-order valence-corrected chi connectivity index (χ3v) is 11.5. The van der Waals surface area contributed by atoms with E-state index >= 15 is 0 Å². The second-order valence-electron chi connectivity index (χ2n) is 14.5. The van der Waals surface area contributed by atoms with E-state index in [9.17, 15) is 0 Å². The summed E-state index contributed by atoms with van der Waals surface area (Å²) >= 11 is 0. The van der Waals surface area contributed by atoms with Gasteiger partial charge in [-0.25, -0.2) is 4.98 Å². The molecule has 0 aliphatic heterocycles. The van der Waals surface area contributed by atoms with Crippen LogP contribution in [0.15, 0.2) is 103 Å². The molecule has 250 valence electrons. The van der Waals surface area contributed by atoms with Crippen molar-refractivity contribution in [2.24, 2.45) is 0 Å². The van der Waals surface area contributed by atoms with E-state index in [1.165, 1.54) is 5.98 Å².